The zero-order chi connectivity index (χ0) is 14.2. The molecule has 6 heteroatoms. The largest absolute Gasteiger partial charge is 0.387 e. The Labute approximate surface area is 120 Å². The lowest BCUT2D eigenvalue weighted by molar-refractivity contribution is 0.121. The molecule has 1 aromatic heterocycles. The molecule has 4 nitrogen and oxygen atoms in total. The number of thioether (sulfide) groups is 1. The Hall–Kier alpha value is -1.66. The maximum absolute atomic E-state index is 13.4. The minimum Gasteiger partial charge on any atom is -0.387 e. The van der Waals surface area contributed by atoms with E-state index in [4.69, 9.17) is 0 Å². The van der Waals surface area contributed by atoms with Crippen molar-refractivity contribution in [3.63, 3.8) is 0 Å². The van der Waals surface area contributed by atoms with E-state index < -0.39 is 10.9 Å². The van der Waals surface area contributed by atoms with E-state index in [0.717, 1.165) is 4.90 Å². The molecule has 1 aliphatic heterocycles. The minimum absolute atomic E-state index is 0.335. The molecule has 2 unspecified atom stereocenters. The molecule has 0 spiro atoms. The zero-order valence-electron chi connectivity index (χ0n) is 10.7. The molecule has 1 aromatic carbocycles. The normalized spacial score (nSPS) is 24.6. The summed E-state index contributed by atoms with van der Waals surface area (Å²) in [6.45, 7) is 4.26. The molecule has 104 valence electrons. The fourth-order valence-electron chi connectivity index (χ4n) is 2.55. The summed E-state index contributed by atoms with van der Waals surface area (Å²) < 4.78 is 14.5. The van der Waals surface area contributed by atoms with E-state index in [1.807, 2.05) is 0 Å². The zero-order valence-corrected chi connectivity index (χ0v) is 11.6. The van der Waals surface area contributed by atoms with Gasteiger partial charge in [0.1, 0.15) is 18.5 Å². The Morgan fingerprint density at radius 3 is 3.10 bits per heavy atom. The van der Waals surface area contributed by atoms with Gasteiger partial charge in [0.2, 0.25) is 0 Å². The molecule has 2 heterocycles. The van der Waals surface area contributed by atoms with Crippen molar-refractivity contribution in [2.75, 3.05) is 0 Å². The van der Waals surface area contributed by atoms with Gasteiger partial charge in [0, 0.05) is 4.90 Å². The van der Waals surface area contributed by atoms with Crippen LogP contribution in [0.2, 0.25) is 0 Å². The maximum atomic E-state index is 13.4. The Bertz CT molecular complexity index is 631. The molecule has 1 N–H and O–H groups in total. The molecule has 2 atom stereocenters. The molecule has 20 heavy (non-hydrogen) atoms. The van der Waals surface area contributed by atoms with Crippen LogP contribution in [0, 0.1) is 5.82 Å². The quantitative estimate of drug-likeness (QED) is 0.880. The van der Waals surface area contributed by atoms with Crippen molar-refractivity contribution in [1.29, 1.82) is 0 Å². The van der Waals surface area contributed by atoms with E-state index in [-0.39, 0.29) is 5.82 Å². The SMILES string of the molecule is C=CCC1(Cn2cncn2)Sc2ccc(F)cc2C1O. The minimum atomic E-state index is -0.764. The summed E-state index contributed by atoms with van der Waals surface area (Å²) in [5.74, 6) is -0.335. The smallest absolute Gasteiger partial charge is 0.137 e. The van der Waals surface area contributed by atoms with E-state index in [1.54, 1.807) is 34.9 Å². The first-order valence-electron chi connectivity index (χ1n) is 6.24. The molecular weight excluding hydrogens is 277 g/mol. The second-order valence-corrected chi connectivity index (χ2v) is 6.29. The fourth-order valence-corrected chi connectivity index (χ4v) is 4.05. The topological polar surface area (TPSA) is 50.9 Å². The van der Waals surface area contributed by atoms with Gasteiger partial charge in [-0.05, 0) is 30.2 Å². The van der Waals surface area contributed by atoms with E-state index in [9.17, 15) is 9.50 Å². The third-order valence-electron chi connectivity index (χ3n) is 3.46. The molecule has 0 saturated carbocycles. The number of hydrogen-bond donors (Lipinski definition) is 1. The number of hydrogen-bond acceptors (Lipinski definition) is 4. The molecular formula is C14H14FN3OS. The molecule has 2 aromatic rings. The number of aliphatic hydroxyl groups is 1. The molecule has 0 amide bonds. The monoisotopic (exact) mass is 291 g/mol. The summed E-state index contributed by atoms with van der Waals surface area (Å²) in [7, 11) is 0. The number of rotatable bonds is 4. The first-order valence-corrected chi connectivity index (χ1v) is 7.06. The van der Waals surface area contributed by atoms with Crippen molar-refractivity contribution in [3.05, 3.63) is 54.9 Å². The highest BCUT2D eigenvalue weighted by atomic mass is 32.2. The second-order valence-electron chi connectivity index (χ2n) is 4.84. The van der Waals surface area contributed by atoms with Gasteiger partial charge in [-0.3, -0.25) is 4.68 Å². The number of allylic oxidation sites excluding steroid dienone is 1. The highest BCUT2D eigenvalue weighted by molar-refractivity contribution is 8.01. The van der Waals surface area contributed by atoms with Crippen LogP contribution in [-0.4, -0.2) is 24.6 Å². The van der Waals surface area contributed by atoms with Gasteiger partial charge in [-0.25, -0.2) is 9.37 Å². The van der Waals surface area contributed by atoms with Crippen molar-refractivity contribution in [1.82, 2.24) is 14.8 Å². The van der Waals surface area contributed by atoms with Gasteiger partial charge < -0.3 is 5.11 Å². The average Bonchev–Trinajstić information content (AvgIpc) is 3.00. The summed E-state index contributed by atoms with van der Waals surface area (Å²) in [5.41, 5.74) is 0.636. The van der Waals surface area contributed by atoms with Crippen LogP contribution in [0.4, 0.5) is 4.39 Å². The summed E-state index contributed by atoms with van der Waals surface area (Å²) in [6.07, 6.45) is 4.67. The number of halogens is 1. The number of benzene rings is 1. The van der Waals surface area contributed by atoms with Crippen LogP contribution in [-0.2, 0) is 6.54 Å². The molecule has 3 rings (SSSR count). The second kappa shape index (κ2) is 5.03. The maximum Gasteiger partial charge on any atom is 0.137 e. The van der Waals surface area contributed by atoms with E-state index in [0.29, 0.717) is 18.5 Å². The van der Waals surface area contributed by atoms with Crippen LogP contribution < -0.4 is 0 Å². The summed E-state index contributed by atoms with van der Waals surface area (Å²) in [5, 5.41) is 14.7. The number of fused-ring (bicyclic) bond motifs is 1. The van der Waals surface area contributed by atoms with Gasteiger partial charge >= 0.3 is 0 Å². The molecule has 0 saturated heterocycles. The predicted octanol–water partition coefficient (Wildman–Crippen LogP) is 2.57. The van der Waals surface area contributed by atoms with Crippen LogP contribution >= 0.6 is 11.8 Å². The lowest BCUT2D eigenvalue weighted by Crippen LogP contribution is -2.34. The van der Waals surface area contributed by atoms with Crippen molar-refractivity contribution in [3.8, 4) is 0 Å². The van der Waals surface area contributed by atoms with Gasteiger partial charge in [-0.1, -0.05) is 6.08 Å². The molecule has 0 fully saturated rings. The molecule has 1 aliphatic rings. The number of nitrogens with zero attached hydrogens (tertiary/aromatic N) is 3. The van der Waals surface area contributed by atoms with Gasteiger partial charge in [-0.2, -0.15) is 5.10 Å². The molecule has 0 aliphatic carbocycles. The lowest BCUT2D eigenvalue weighted by atomic mass is 9.92. The third kappa shape index (κ3) is 2.14. The predicted molar refractivity (Wildman–Crippen MR) is 74.8 cm³/mol. The van der Waals surface area contributed by atoms with Gasteiger partial charge in [0.05, 0.1) is 17.4 Å². The summed E-state index contributed by atoms with van der Waals surface area (Å²) in [6, 6.07) is 4.53. The van der Waals surface area contributed by atoms with E-state index in [1.165, 1.54) is 18.5 Å². The Kier molecular flexibility index (Phi) is 3.35. The van der Waals surface area contributed by atoms with Gasteiger partial charge in [0.15, 0.2) is 0 Å². The van der Waals surface area contributed by atoms with Crippen LogP contribution in [0.1, 0.15) is 18.1 Å². The van der Waals surface area contributed by atoms with Crippen LogP contribution in [0.5, 0.6) is 0 Å². The van der Waals surface area contributed by atoms with E-state index >= 15 is 0 Å². The van der Waals surface area contributed by atoms with Crippen molar-refractivity contribution < 1.29 is 9.50 Å². The average molecular weight is 291 g/mol. The van der Waals surface area contributed by atoms with Gasteiger partial charge in [-0.15, -0.1) is 18.3 Å². The number of aromatic nitrogens is 3. The van der Waals surface area contributed by atoms with Crippen LogP contribution in [0.25, 0.3) is 0 Å². The first-order chi connectivity index (χ1) is 9.64. The first kappa shape index (κ1) is 13.3. The Morgan fingerprint density at radius 2 is 2.40 bits per heavy atom. The lowest BCUT2D eigenvalue weighted by Gasteiger charge is -2.30. The van der Waals surface area contributed by atoms with E-state index in [2.05, 4.69) is 16.7 Å². The standard InChI is InChI=1S/C14H14FN3OS/c1-2-5-14(7-18-9-16-8-17-18)13(19)11-6-10(15)3-4-12(11)20-14/h2-4,6,8-9,13,19H,1,5,7H2. The van der Waals surface area contributed by atoms with Gasteiger partial charge in [0.25, 0.3) is 0 Å². The highest BCUT2D eigenvalue weighted by Gasteiger charge is 2.46. The summed E-state index contributed by atoms with van der Waals surface area (Å²) in [4.78, 5) is 4.82. The summed E-state index contributed by atoms with van der Waals surface area (Å²) >= 11 is 1.55. The third-order valence-corrected chi connectivity index (χ3v) is 4.98. The Morgan fingerprint density at radius 1 is 1.55 bits per heavy atom. The fraction of sp³-hybridized carbons (Fsp3) is 0.286. The van der Waals surface area contributed by atoms with Crippen LogP contribution in [0.3, 0.4) is 0 Å². The number of aliphatic hydroxyl groups excluding tert-OH is 1. The highest BCUT2D eigenvalue weighted by Crippen LogP contribution is 2.54. The van der Waals surface area contributed by atoms with Crippen LogP contribution in [0.15, 0.2) is 48.4 Å². The van der Waals surface area contributed by atoms with Crippen molar-refractivity contribution in [2.45, 2.75) is 28.7 Å². The molecule has 0 bridgehead atoms. The van der Waals surface area contributed by atoms with Crippen molar-refractivity contribution >= 4 is 11.8 Å². The van der Waals surface area contributed by atoms with Crippen molar-refractivity contribution in [2.24, 2.45) is 0 Å². The molecule has 0 radical (unpaired) electrons. The Balaban J connectivity index is 1.98.